The zero-order chi connectivity index (χ0) is 46.3. The highest BCUT2D eigenvalue weighted by molar-refractivity contribution is 6.14. The first kappa shape index (κ1) is 39.8. The molecule has 0 fully saturated rings. The van der Waals surface area contributed by atoms with Gasteiger partial charge in [0.05, 0.1) is 11.1 Å². The van der Waals surface area contributed by atoms with Gasteiger partial charge in [-0.05, 0) is 127 Å². The van der Waals surface area contributed by atoms with Crippen molar-refractivity contribution < 1.29 is 4.42 Å². The molecule has 2 heteroatoms. The number of allylic oxidation sites excluding steroid dienone is 7. The summed E-state index contributed by atoms with van der Waals surface area (Å²) in [7, 11) is 0. The first-order valence-electron chi connectivity index (χ1n) is 25.1. The van der Waals surface area contributed by atoms with E-state index in [1.54, 1.807) is 0 Å². The van der Waals surface area contributed by atoms with Crippen LogP contribution in [0, 0.1) is 5.92 Å². The molecule has 0 saturated heterocycles. The number of fused-ring (bicyclic) bond motifs is 17. The average molecular weight is 896 g/mol. The van der Waals surface area contributed by atoms with Crippen LogP contribution in [-0.2, 0) is 10.8 Å². The molecule has 15 rings (SSSR count). The SMILES string of the molecule is CC1(C)c2ccccc2-c2cccc(-c3ccc(N(C4=CC5C(C=C4)c4ccccc4C54C5=CCCC=C5c5ccccc54)c4ccccc4-c4cccc5c4oc4cc6ccccc6cc45)cc3)c21. The van der Waals surface area contributed by atoms with Crippen molar-refractivity contribution in [2.24, 2.45) is 5.92 Å². The van der Waals surface area contributed by atoms with E-state index in [-0.39, 0.29) is 22.7 Å². The van der Waals surface area contributed by atoms with Gasteiger partial charge < -0.3 is 9.32 Å². The van der Waals surface area contributed by atoms with Crippen LogP contribution < -0.4 is 4.90 Å². The van der Waals surface area contributed by atoms with Crippen molar-refractivity contribution in [2.45, 2.75) is 43.4 Å². The molecule has 70 heavy (non-hydrogen) atoms. The highest BCUT2D eigenvalue weighted by Crippen LogP contribution is 2.67. The van der Waals surface area contributed by atoms with E-state index in [4.69, 9.17) is 4.42 Å². The molecule has 0 N–H and O–H groups in total. The fourth-order valence-electron chi connectivity index (χ4n) is 13.9. The maximum Gasteiger partial charge on any atom is 0.143 e. The van der Waals surface area contributed by atoms with Gasteiger partial charge in [-0.2, -0.15) is 0 Å². The number of para-hydroxylation sites is 2. The van der Waals surface area contributed by atoms with E-state index in [0.717, 1.165) is 57.3 Å². The number of furan rings is 1. The molecule has 332 valence electrons. The summed E-state index contributed by atoms with van der Waals surface area (Å²) in [6, 6.07) is 72.4. The van der Waals surface area contributed by atoms with Crippen LogP contribution in [0.15, 0.2) is 240 Å². The molecule has 5 aliphatic carbocycles. The summed E-state index contributed by atoms with van der Waals surface area (Å²) in [6.07, 6.45) is 14.8. The fraction of sp³-hybridized carbons (Fsp3) is 0.118. The van der Waals surface area contributed by atoms with E-state index < -0.39 is 0 Å². The summed E-state index contributed by atoms with van der Waals surface area (Å²) in [5, 5.41) is 4.65. The van der Waals surface area contributed by atoms with Gasteiger partial charge in [0.1, 0.15) is 11.2 Å². The molecule has 5 aliphatic rings. The Balaban J connectivity index is 0.942. The predicted octanol–water partition coefficient (Wildman–Crippen LogP) is 17.8. The normalized spacial score (nSPS) is 19.8. The smallest absolute Gasteiger partial charge is 0.143 e. The van der Waals surface area contributed by atoms with Crippen LogP contribution in [0.25, 0.3) is 71.7 Å². The number of benzene rings is 9. The van der Waals surface area contributed by atoms with E-state index in [1.807, 2.05) is 0 Å². The maximum absolute atomic E-state index is 6.95. The number of hydrogen-bond donors (Lipinski definition) is 0. The van der Waals surface area contributed by atoms with Crippen molar-refractivity contribution in [3.05, 3.63) is 269 Å². The lowest BCUT2D eigenvalue weighted by molar-refractivity contribution is 0.461. The molecule has 0 amide bonds. The Labute approximate surface area is 408 Å². The third-order valence-corrected chi connectivity index (χ3v) is 16.8. The Morgan fingerprint density at radius 1 is 0.529 bits per heavy atom. The second kappa shape index (κ2) is 14.7. The highest BCUT2D eigenvalue weighted by Gasteiger charge is 2.59. The Morgan fingerprint density at radius 3 is 2.04 bits per heavy atom. The van der Waals surface area contributed by atoms with E-state index in [2.05, 4.69) is 243 Å². The summed E-state index contributed by atoms with van der Waals surface area (Å²) < 4.78 is 6.95. The van der Waals surface area contributed by atoms with Crippen molar-refractivity contribution in [2.75, 3.05) is 4.90 Å². The fourth-order valence-corrected chi connectivity index (χ4v) is 13.9. The topological polar surface area (TPSA) is 16.4 Å². The third-order valence-electron chi connectivity index (χ3n) is 16.8. The van der Waals surface area contributed by atoms with Crippen molar-refractivity contribution in [3.8, 4) is 33.4 Å². The number of nitrogens with zero attached hydrogens (tertiary/aromatic N) is 1. The monoisotopic (exact) mass is 895 g/mol. The lowest BCUT2D eigenvalue weighted by Crippen LogP contribution is -2.34. The van der Waals surface area contributed by atoms with E-state index >= 15 is 0 Å². The van der Waals surface area contributed by atoms with Crippen LogP contribution in [0.5, 0.6) is 0 Å². The summed E-state index contributed by atoms with van der Waals surface area (Å²) >= 11 is 0. The van der Waals surface area contributed by atoms with Crippen molar-refractivity contribution in [1.29, 1.82) is 0 Å². The number of anilines is 2. The molecule has 3 atom stereocenters. The third kappa shape index (κ3) is 5.34. The Morgan fingerprint density at radius 2 is 1.19 bits per heavy atom. The summed E-state index contributed by atoms with van der Waals surface area (Å²) in [6.45, 7) is 4.76. The molecule has 0 saturated carbocycles. The van der Waals surface area contributed by atoms with Crippen molar-refractivity contribution >= 4 is 49.7 Å². The van der Waals surface area contributed by atoms with Gasteiger partial charge in [0.25, 0.3) is 0 Å². The minimum absolute atomic E-state index is 0.124. The molecule has 2 nitrogen and oxygen atoms in total. The summed E-state index contributed by atoms with van der Waals surface area (Å²) in [5.74, 6) is 0.376. The van der Waals surface area contributed by atoms with Gasteiger partial charge in [-0.15, -0.1) is 0 Å². The Hall–Kier alpha value is -8.20. The van der Waals surface area contributed by atoms with Gasteiger partial charge in [-0.3, -0.25) is 0 Å². The minimum atomic E-state index is -0.309. The van der Waals surface area contributed by atoms with Gasteiger partial charge in [-0.1, -0.05) is 202 Å². The summed E-state index contributed by atoms with van der Waals surface area (Å²) in [4.78, 5) is 2.53. The van der Waals surface area contributed by atoms with Gasteiger partial charge in [0.15, 0.2) is 0 Å². The molecule has 10 aromatic rings. The molecular weight excluding hydrogens is 847 g/mol. The van der Waals surface area contributed by atoms with E-state index in [9.17, 15) is 0 Å². The van der Waals surface area contributed by atoms with Crippen LogP contribution in [-0.4, -0.2) is 0 Å². The van der Waals surface area contributed by atoms with Crippen LogP contribution in [0.1, 0.15) is 66.0 Å². The molecule has 3 unspecified atom stereocenters. The second-order valence-corrected chi connectivity index (χ2v) is 20.5. The lowest BCUT2D eigenvalue weighted by Gasteiger charge is -2.39. The first-order chi connectivity index (χ1) is 34.5. The van der Waals surface area contributed by atoms with Gasteiger partial charge >= 0.3 is 0 Å². The van der Waals surface area contributed by atoms with Gasteiger partial charge in [0.2, 0.25) is 0 Å². The molecule has 0 aliphatic heterocycles. The molecule has 0 radical (unpaired) electrons. The Bertz CT molecular complexity index is 4000. The zero-order valence-corrected chi connectivity index (χ0v) is 39.3. The molecular formula is C68H49NO. The van der Waals surface area contributed by atoms with Crippen LogP contribution in [0.2, 0.25) is 0 Å². The average Bonchev–Trinajstić information content (AvgIpc) is 4.10. The first-order valence-corrected chi connectivity index (χ1v) is 25.1. The maximum atomic E-state index is 6.95. The molecule has 9 aromatic carbocycles. The van der Waals surface area contributed by atoms with Crippen LogP contribution in [0.4, 0.5) is 11.4 Å². The second-order valence-electron chi connectivity index (χ2n) is 20.5. The largest absolute Gasteiger partial charge is 0.455 e. The van der Waals surface area contributed by atoms with Gasteiger partial charge in [0, 0.05) is 50.5 Å². The van der Waals surface area contributed by atoms with Crippen molar-refractivity contribution in [1.82, 2.24) is 0 Å². The molecule has 1 heterocycles. The standard InChI is InChI=1S/C68H49NO/c1-67(2)58-28-10-5-22-51(58)54-25-15-24-47(65(54)67)42-33-35-45(36-34-42)69(63-32-14-9-23-53(63)55-26-16-27-56-57-39-43-17-3-4-18-44(43)40-64(57)70-66(55)56)46-37-38-52-50-21-8-13-31-61(50)68(62(52)41-46)59-29-11-6-19-48(59)49-20-7-12-30-60(49)68/h3-6,8-11,13-41,52,62H,7,12H2,1-2H3. The summed E-state index contributed by atoms with van der Waals surface area (Å²) in [5.41, 5.74) is 23.5. The van der Waals surface area contributed by atoms with E-state index in [0.29, 0.717) is 0 Å². The number of hydrogen-bond acceptors (Lipinski definition) is 2. The molecule has 0 bridgehead atoms. The highest BCUT2D eigenvalue weighted by atomic mass is 16.3. The zero-order valence-electron chi connectivity index (χ0n) is 39.3. The van der Waals surface area contributed by atoms with Crippen LogP contribution >= 0.6 is 0 Å². The lowest BCUT2D eigenvalue weighted by atomic mass is 9.64. The quantitative estimate of drug-likeness (QED) is 0.171. The van der Waals surface area contributed by atoms with Crippen LogP contribution in [0.3, 0.4) is 0 Å². The predicted molar refractivity (Wildman–Crippen MR) is 291 cm³/mol. The molecule has 1 aromatic heterocycles. The number of rotatable bonds is 5. The van der Waals surface area contributed by atoms with Gasteiger partial charge in [-0.25, -0.2) is 0 Å². The van der Waals surface area contributed by atoms with E-state index in [1.165, 1.54) is 83.3 Å². The molecule has 1 spiro atoms. The minimum Gasteiger partial charge on any atom is -0.455 e. The Kier molecular flexibility index (Phi) is 8.32. The van der Waals surface area contributed by atoms with Crippen molar-refractivity contribution in [3.63, 3.8) is 0 Å².